The highest BCUT2D eigenvalue weighted by molar-refractivity contribution is 7.07. The van der Waals surface area contributed by atoms with E-state index in [4.69, 9.17) is 5.73 Å². The zero-order valence-electron chi connectivity index (χ0n) is 7.62. The van der Waals surface area contributed by atoms with Crippen LogP contribution in [0, 0.1) is 0 Å². The average molecular weight is 198 g/mol. The predicted molar refractivity (Wildman–Crippen MR) is 54.4 cm³/mol. The van der Waals surface area contributed by atoms with Gasteiger partial charge in [-0.2, -0.15) is 11.3 Å². The third kappa shape index (κ3) is 4.05. The molecule has 0 aliphatic heterocycles. The van der Waals surface area contributed by atoms with Crippen LogP contribution in [0.3, 0.4) is 0 Å². The van der Waals surface area contributed by atoms with Crippen LogP contribution >= 0.6 is 11.3 Å². The van der Waals surface area contributed by atoms with Crippen molar-refractivity contribution in [1.82, 2.24) is 5.32 Å². The molecule has 1 unspecified atom stereocenters. The SMILES string of the molecule is CC(CC(N)=O)NCc1ccsc1. The molecule has 1 amide bonds. The van der Waals surface area contributed by atoms with Gasteiger partial charge in [0.05, 0.1) is 0 Å². The molecule has 0 fully saturated rings. The minimum Gasteiger partial charge on any atom is -0.370 e. The molecule has 0 radical (unpaired) electrons. The highest BCUT2D eigenvalue weighted by atomic mass is 32.1. The van der Waals surface area contributed by atoms with Crippen molar-refractivity contribution in [2.45, 2.75) is 25.9 Å². The molecule has 72 valence electrons. The first kappa shape index (κ1) is 10.2. The van der Waals surface area contributed by atoms with Crippen LogP contribution in [0.1, 0.15) is 18.9 Å². The lowest BCUT2D eigenvalue weighted by Crippen LogP contribution is -2.30. The first-order chi connectivity index (χ1) is 6.18. The summed E-state index contributed by atoms with van der Waals surface area (Å²) < 4.78 is 0. The smallest absolute Gasteiger partial charge is 0.218 e. The fourth-order valence-corrected chi connectivity index (χ4v) is 1.73. The van der Waals surface area contributed by atoms with E-state index >= 15 is 0 Å². The number of carbonyl (C=O) groups excluding carboxylic acids is 1. The van der Waals surface area contributed by atoms with Gasteiger partial charge in [0.15, 0.2) is 0 Å². The summed E-state index contributed by atoms with van der Waals surface area (Å²) in [5.41, 5.74) is 6.32. The van der Waals surface area contributed by atoms with Gasteiger partial charge >= 0.3 is 0 Å². The predicted octanol–water partition coefficient (Wildman–Crippen LogP) is 1.10. The third-order valence-corrected chi connectivity index (χ3v) is 2.47. The monoisotopic (exact) mass is 198 g/mol. The number of rotatable bonds is 5. The first-order valence-electron chi connectivity index (χ1n) is 4.21. The van der Waals surface area contributed by atoms with Crippen molar-refractivity contribution in [2.75, 3.05) is 0 Å². The van der Waals surface area contributed by atoms with Gasteiger partial charge in [-0.1, -0.05) is 0 Å². The van der Waals surface area contributed by atoms with Gasteiger partial charge in [0.1, 0.15) is 0 Å². The zero-order valence-corrected chi connectivity index (χ0v) is 8.43. The van der Waals surface area contributed by atoms with Crippen molar-refractivity contribution in [3.8, 4) is 0 Å². The number of carbonyl (C=O) groups is 1. The molecule has 1 aromatic rings. The Morgan fingerprint density at radius 1 is 1.77 bits per heavy atom. The number of amides is 1. The molecular formula is C9H14N2OS. The molecule has 0 aliphatic carbocycles. The van der Waals surface area contributed by atoms with Gasteiger partial charge in [-0.15, -0.1) is 0 Å². The number of primary amides is 1. The summed E-state index contributed by atoms with van der Waals surface area (Å²) in [7, 11) is 0. The molecular weight excluding hydrogens is 184 g/mol. The van der Waals surface area contributed by atoms with Gasteiger partial charge in [0.2, 0.25) is 5.91 Å². The van der Waals surface area contributed by atoms with Gasteiger partial charge in [-0.05, 0) is 29.3 Å². The van der Waals surface area contributed by atoms with Gasteiger partial charge in [-0.25, -0.2) is 0 Å². The van der Waals surface area contributed by atoms with Crippen molar-refractivity contribution in [1.29, 1.82) is 0 Å². The highest BCUT2D eigenvalue weighted by Crippen LogP contribution is 2.05. The molecule has 0 saturated heterocycles. The maximum absolute atomic E-state index is 10.6. The highest BCUT2D eigenvalue weighted by Gasteiger charge is 2.04. The Kier molecular flexibility index (Phi) is 3.92. The summed E-state index contributed by atoms with van der Waals surface area (Å²) in [6.07, 6.45) is 0.393. The van der Waals surface area contributed by atoms with E-state index < -0.39 is 0 Å². The molecule has 4 heteroatoms. The summed E-state index contributed by atoms with van der Waals surface area (Å²) in [6, 6.07) is 2.21. The van der Waals surface area contributed by atoms with Gasteiger partial charge in [-0.3, -0.25) is 4.79 Å². The largest absolute Gasteiger partial charge is 0.370 e. The van der Waals surface area contributed by atoms with Crippen molar-refractivity contribution in [2.24, 2.45) is 5.73 Å². The van der Waals surface area contributed by atoms with Crippen LogP contribution in [0.15, 0.2) is 16.8 Å². The Morgan fingerprint density at radius 3 is 3.08 bits per heavy atom. The van der Waals surface area contributed by atoms with Crippen LogP contribution < -0.4 is 11.1 Å². The van der Waals surface area contributed by atoms with E-state index in [0.29, 0.717) is 6.42 Å². The number of nitrogens with two attached hydrogens (primary N) is 1. The Balaban J connectivity index is 2.22. The molecule has 0 bridgehead atoms. The minimum atomic E-state index is -0.259. The lowest BCUT2D eigenvalue weighted by molar-refractivity contribution is -0.118. The van der Waals surface area contributed by atoms with Crippen LogP contribution in [0.5, 0.6) is 0 Å². The Labute approximate surface area is 81.9 Å². The summed E-state index contributed by atoms with van der Waals surface area (Å²) in [6.45, 7) is 2.76. The van der Waals surface area contributed by atoms with Crippen LogP contribution in [0.4, 0.5) is 0 Å². The van der Waals surface area contributed by atoms with Crippen LogP contribution in [0.25, 0.3) is 0 Å². The van der Waals surface area contributed by atoms with E-state index in [1.54, 1.807) is 11.3 Å². The van der Waals surface area contributed by atoms with E-state index in [-0.39, 0.29) is 11.9 Å². The molecule has 1 atom stereocenters. The zero-order chi connectivity index (χ0) is 9.68. The van der Waals surface area contributed by atoms with Crippen molar-refractivity contribution >= 4 is 17.2 Å². The Hall–Kier alpha value is -0.870. The average Bonchev–Trinajstić information content (AvgIpc) is 2.51. The maximum Gasteiger partial charge on any atom is 0.218 e. The van der Waals surface area contributed by atoms with E-state index in [0.717, 1.165) is 6.54 Å². The van der Waals surface area contributed by atoms with E-state index in [1.165, 1.54) is 5.56 Å². The van der Waals surface area contributed by atoms with Crippen LogP contribution in [-0.2, 0) is 11.3 Å². The summed E-state index contributed by atoms with van der Waals surface area (Å²) in [5.74, 6) is -0.259. The second-order valence-electron chi connectivity index (χ2n) is 3.08. The van der Waals surface area contributed by atoms with Gasteiger partial charge < -0.3 is 11.1 Å². The molecule has 0 saturated carbocycles. The van der Waals surface area contributed by atoms with Crippen molar-refractivity contribution in [3.63, 3.8) is 0 Å². The molecule has 0 spiro atoms. The van der Waals surface area contributed by atoms with Crippen molar-refractivity contribution in [3.05, 3.63) is 22.4 Å². The molecule has 3 N–H and O–H groups in total. The quantitative estimate of drug-likeness (QED) is 0.744. The number of hydrogen-bond donors (Lipinski definition) is 2. The fraction of sp³-hybridized carbons (Fsp3) is 0.444. The summed E-state index contributed by atoms with van der Waals surface area (Å²) in [5, 5.41) is 7.35. The number of thiophene rings is 1. The van der Waals surface area contributed by atoms with Gasteiger partial charge in [0, 0.05) is 19.0 Å². The molecule has 1 heterocycles. The summed E-state index contributed by atoms with van der Waals surface area (Å²) >= 11 is 1.67. The van der Waals surface area contributed by atoms with Crippen LogP contribution in [0.2, 0.25) is 0 Å². The maximum atomic E-state index is 10.6. The third-order valence-electron chi connectivity index (χ3n) is 1.74. The standard InChI is InChI=1S/C9H14N2OS/c1-7(4-9(10)12)11-5-8-2-3-13-6-8/h2-3,6-7,11H,4-5H2,1H3,(H2,10,12). The molecule has 1 aromatic heterocycles. The summed E-state index contributed by atoms with van der Waals surface area (Å²) in [4.78, 5) is 10.6. The number of nitrogens with one attached hydrogen (secondary N) is 1. The van der Waals surface area contributed by atoms with E-state index in [2.05, 4.69) is 16.8 Å². The van der Waals surface area contributed by atoms with Gasteiger partial charge in [0.25, 0.3) is 0 Å². The molecule has 1 rings (SSSR count). The second kappa shape index (κ2) is 4.99. The number of hydrogen-bond acceptors (Lipinski definition) is 3. The van der Waals surface area contributed by atoms with Crippen molar-refractivity contribution < 1.29 is 4.79 Å². The minimum absolute atomic E-state index is 0.150. The second-order valence-corrected chi connectivity index (χ2v) is 3.86. The Bertz CT molecular complexity index is 259. The van der Waals surface area contributed by atoms with E-state index in [1.807, 2.05) is 12.3 Å². The molecule has 3 nitrogen and oxygen atoms in total. The first-order valence-corrected chi connectivity index (χ1v) is 5.15. The molecule has 0 aliphatic rings. The lowest BCUT2D eigenvalue weighted by Gasteiger charge is -2.10. The fourth-order valence-electron chi connectivity index (χ4n) is 1.06. The molecule has 0 aromatic carbocycles. The normalized spacial score (nSPS) is 12.7. The topological polar surface area (TPSA) is 55.1 Å². The van der Waals surface area contributed by atoms with E-state index in [9.17, 15) is 4.79 Å². The molecule has 13 heavy (non-hydrogen) atoms. The Morgan fingerprint density at radius 2 is 2.54 bits per heavy atom. The van der Waals surface area contributed by atoms with Crippen LogP contribution in [-0.4, -0.2) is 11.9 Å². The lowest BCUT2D eigenvalue weighted by atomic mass is 10.2.